The maximum atomic E-state index is 13.8. The third-order valence-corrected chi connectivity index (χ3v) is 7.75. The number of halogens is 2. The first-order chi connectivity index (χ1) is 18.8. The van der Waals surface area contributed by atoms with E-state index in [0.29, 0.717) is 37.1 Å². The van der Waals surface area contributed by atoms with Crippen molar-refractivity contribution in [2.45, 2.75) is 96.2 Å². The van der Waals surface area contributed by atoms with Crippen LogP contribution in [-0.2, 0) is 11.3 Å². The normalized spacial score (nSPS) is 20.0. The molecule has 1 saturated heterocycles. The number of rotatable bonds is 5. The summed E-state index contributed by atoms with van der Waals surface area (Å²) >= 11 is 0. The van der Waals surface area contributed by atoms with Crippen LogP contribution in [-0.4, -0.2) is 66.8 Å². The Labute approximate surface area is 231 Å². The topological polar surface area (TPSA) is 118 Å². The highest BCUT2D eigenvalue weighted by Crippen LogP contribution is 2.38. The molecule has 0 aromatic carbocycles. The van der Waals surface area contributed by atoms with Crippen LogP contribution in [0, 0.1) is 5.92 Å². The maximum Gasteiger partial charge on any atom is 0.410 e. The third kappa shape index (κ3) is 6.15. The number of likely N-dealkylation sites (tertiary alicyclic amines) is 1. The predicted octanol–water partition coefficient (Wildman–Crippen LogP) is 4.33. The Morgan fingerprint density at radius 2 is 1.82 bits per heavy atom. The van der Waals surface area contributed by atoms with Crippen molar-refractivity contribution in [2.24, 2.45) is 5.92 Å². The van der Waals surface area contributed by atoms with E-state index in [1.54, 1.807) is 4.90 Å². The number of fused-ring (bicyclic) bond motifs is 1. The summed E-state index contributed by atoms with van der Waals surface area (Å²) in [5, 5.41) is 18.3. The average Bonchev–Trinajstić information content (AvgIpc) is 3.59. The molecule has 2 aromatic rings. The second-order valence-corrected chi connectivity index (χ2v) is 12.3. The largest absolute Gasteiger partial charge is 0.494 e. The summed E-state index contributed by atoms with van der Waals surface area (Å²) in [4.78, 5) is 40.4. The van der Waals surface area contributed by atoms with Gasteiger partial charge in [-0.2, -0.15) is 9.61 Å². The summed E-state index contributed by atoms with van der Waals surface area (Å²) in [6.07, 6.45) is 5.88. The molecule has 5 rings (SSSR count). The van der Waals surface area contributed by atoms with Crippen LogP contribution < -0.4 is 10.9 Å². The van der Waals surface area contributed by atoms with Gasteiger partial charge in [0.05, 0.1) is 6.20 Å². The lowest BCUT2D eigenvalue weighted by molar-refractivity contribution is -0.0473. The second-order valence-electron chi connectivity index (χ2n) is 12.3. The van der Waals surface area contributed by atoms with Crippen molar-refractivity contribution < 1.29 is 28.2 Å². The fourth-order valence-electron chi connectivity index (χ4n) is 5.38. The molecule has 3 fully saturated rings. The third-order valence-electron chi connectivity index (χ3n) is 7.75. The molecule has 3 aliphatic rings. The smallest absolute Gasteiger partial charge is 0.410 e. The number of amides is 2. The van der Waals surface area contributed by atoms with Gasteiger partial charge in [0.25, 0.3) is 11.5 Å². The molecule has 2 N–H and O–H groups in total. The molecule has 0 spiro atoms. The lowest BCUT2D eigenvalue weighted by atomic mass is 9.86. The van der Waals surface area contributed by atoms with E-state index in [1.165, 1.54) is 10.8 Å². The summed E-state index contributed by atoms with van der Waals surface area (Å²) in [6, 6.07) is -0.0273. The van der Waals surface area contributed by atoms with Gasteiger partial charge in [-0.3, -0.25) is 14.2 Å². The van der Waals surface area contributed by atoms with Crippen LogP contribution in [0.25, 0.3) is 11.7 Å². The average molecular weight is 562 g/mol. The zero-order valence-corrected chi connectivity index (χ0v) is 23.2. The number of carbonyl (C=O) groups excluding carboxylic acids is 2. The number of hydrogen-bond donors (Lipinski definition) is 2. The maximum absolute atomic E-state index is 13.8. The quantitative estimate of drug-likeness (QED) is 0.561. The highest BCUT2D eigenvalue weighted by Gasteiger charge is 2.36. The van der Waals surface area contributed by atoms with E-state index < -0.39 is 34.4 Å². The summed E-state index contributed by atoms with van der Waals surface area (Å²) in [6.45, 7) is 6.57. The zero-order chi connectivity index (χ0) is 28.8. The molecule has 2 aromatic heterocycles. The van der Waals surface area contributed by atoms with Crippen LogP contribution in [0.2, 0.25) is 0 Å². The lowest BCUT2D eigenvalue weighted by Gasteiger charge is -2.31. The first-order valence-electron chi connectivity index (χ1n) is 14.0. The summed E-state index contributed by atoms with van der Waals surface area (Å²) in [5.41, 5.74) is 0.197. The minimum atomic E-state index is -2.70. The molecular formula is C28H37F2N5O5. The molecule has 0 atom stereocenters. The predicted molar refractivity (Wildman–Crippen MR) is 144 cm³/mol. The van der Waals surface area contributed by atoms with Gasteiger partial charge in [-0.15, -0.1) is 0 Å². The van der Waals surface area contributed by atoms with Crippen LogP contribution in [0.3, 0.4) is 0 Å². The molecule has 0 bridgehead atoms. The van der Waals surface area contributed by atoms with Gasteiger partial charge in [0.1, 0.15) is 11.2 Å². The van der Waals surface area contributed by atoms with Gasteiger partial charge >= 0.3 is 6.09 Å². The summed E-state index contributed by atoms with van der Waals surface area (Å²) in [5.74, 6) is -4.01. The minimum absolute atomic E-state index is 0.0273. The molecule has 40 heavy (non-hydrogen) atoms. The lowest BCUT2D eigenvalue weighted by Crippen LogP contribution is -2.40. The summed E-state index contributed by atoms with van der Waals surface area (Å²) in [7, 11) is 0. The first-order valence-corrected chi connectivity index (χ1v) is 14.0. The van der Waals surface area contributed by atoms with Crippen molar-refractivity contribution in [3.05, 3.63) is 33.3 Å². The zero-order valence-electron chi connectivity index (χ0n) is 23.2. The van der Waals surface area contributed by atoms with E-state index in [0.717, 1.165) is 22.9 Å². The van der Waals surface area contributed by atoms with Crippen molar-refractivity contribution >= 4 is 23.7 Å². The van der Waals surface area contributed by atoms with Crippen molar-refractivity contribution in [2.75, 3.05) is 13.1 Å². The van der Waals surface area contributed by atoms with Gasteiger partial charge in [-0.25, -0.2) is 13.6 Å². The molecule has 0 radical (unpaired) electrons. The Bertz CT molecular complexity index is 1380. The number of piperidine rings is 1. The molecule has 218 valence electrons. The molecule has 0 unspecified atom stereocenters. The van der Waals surface area contributed by atoms with Crippen molar-refractivity contribution in [1.82, 2.24) is 24.4 Å². The molecule has 3 heterocycles. The molecule has 2 amide bonds. The van der Waals surface area contributed by atoms with Crippen LogP contribution >= 0.6 is 0 Å². The van der Waals surface area contributed by atoms with E-state index >= 15 is 0 Å². The Balaban J connectivity index is 1.46. The Kier molecular flexibility index (Phi) is 7.39. The number of aromatic hydroxyl groups is 1. The van der Waals surface area contributed by atoms with Gasteiger partial charge in [0.15, 0.2) is 5.56 Å². The van der Waals surface area contributed by atoms with E-state index in [4.69, 9.17) is 4.74 Å². The van der Waals surface area contributed by atoms with Crippen LogP contribution in [0.1, 0.15) is 88.1 Å². The SMILES string of the molecule is CC(C)(C)OC(=O)N1CCC(=Cc2cnn3c(=O)c(C(=O)NC4CC4)c(O)n(CC4CCC(F)(F)CC4)c23)CC1. The van der Waals surface area contributed by atoms with E-state index in [9.17, 15) is 28.3 Å². The molecule has 1 aliphatic heterocycles. The minimum Gasteiger partial charge on any atom is -0.494 e. The molecule has 2 saturated carbocycles. The van der Waals surface area contributed by atoms with Gasteiger partial charge in [-0.05, 0) is 65.2 Å². The van der Waals surface area contributed by atoms with E-state index in [-0.39, 0.29) is 50.3 Å². The number of nitrogens with zero attached hydrogens (tertiary/aromatic N) is 4. The Morgan fingerprint density at radius 1 is 1.18 bits per heavy atom. The molecule has 12 heteroatoms. The standard InChI is InChI=1S/C28H37F2N5O5/c1-27(2,3)40-26(39)33-12-8-17(9-13-33)14-19-15-31-35-23(19)34(16-18-6-10-28(29,30)11-7-18)24(37)21(25(35)38)22(36)32-20-4-5-20/h14-15,18,20,37H,4-13,16H2,1-3H3,(H,32,36). The van der Waals surface area contributed by atoms with E-state index in [2.05, 4.69) is 10.4 Å². The highest BCUT2D eigenvalue weighted by atomic mass is 19.3. The number of carbonyl (C=O) groups is 2. The number of aromatic nitrogens is 3. The van der Waals surface area contributed by atoms with Gasteiger partial charge < -0.3 is 20.1 Å². The Hall–Kier alpha value is -3.44. The second kappa shape index (κ2) is 10.5. The molecule has 2 aliphatic carbocycles. The van der Waals surface area contributed by atoms with Crippen molar-refractivity contribution in [3.63, 3.8) is 0 Å². The monoisotopic (exact) mass is 561 g/mol. The van der Waals surface area contributed by atoms with Crippen LogP contribution in [0.5, 0.6) is 5.88 Å². The van der Waals surface area contributed by atoms with Gasteiger partial charge in [0.2, 0.25) is 11.8 Å². The van der Waals surface area contributed by atoms with Gasteiger partial charge in [-0.1, -0.05) is 11.6 Å². The van der Waals surface area contributed by atoms with E-state index in [1.807, 2.05) is 26.8 Å². The summed E-state index contributed by atoms with van der Waals surface area (Å²) < 4.78 is 35.7. The number of hydrogen-bond acceptors (Lipinski definition) is 6. The van der Waals surface area contributed by atoms with Crippen molar-refractivity contribution in [1.29, 1.82) is 0 Å². The van der Waals surface area contributed by atoms with Crippen LogP contribution in [0.4, 0.5) is 13.6 Å². The molecule has 10 nitrogen and oxygen atoms in total. The Morgan fingerprint density at radius 3 is 2.42 bits per heavy atom. The van der Waals surface area contributed by atoms with Gasteiger partial charge in [0, 0.05) is 44.1 Å². The number of alkyl halides is 2. The fraction of sp³-hybridized carbons (Fsp3) is 0.643. The van der Waals surface area contributed by atoms with Crippen LogP contribution in [0.15, 0.2) is 16.6 Å². The highest BCUT2D eigenvalue weighted by molar-refractivity contribution is 5.96. The number of nitrogens with one attached hydrogen (secondary N) is 1. The van der Waals surface area contributed by atoms with Crippen molar-refractivity contribution in [3.8, 4) is 5.88 Å². The first kappa shape index (κ1) is 28.1. The fourth-order valence-corrected chi connectivity index (χ4v) is 5.38. The molecular weight excluding hydrogens is 524 g/mol. The number of ether oxygens (including phenoxy) is 1.